The van der Waals surface area contributed by atoms with Crippen molar-refractivity contribution >= 4 is 6.29 Å². The van der Waals surface area contributed by atoms with Gasteiger partial charge in [0, 0.05) is 18.4 Å². The Morgan fingerprint density at radius 2 is 1.88 bits per heavy atom. The summed E-state index contributed by atoms with van der Waals surface area (Å²) in [6, 6.07) is 0. The molecule has 0 N–H and O–H groups in total. The van der Waals surface area contributed by atoms with E-state index in [9.17, 15) is 4.79 Å². The van der Waals surface area contributed by atoms with Crippen LogP contribution in [0.3, 0.4) is 0 Å². The lowest BCUT2D eigenvalue weighted by atomic mass is 9.45. The van der Waals surface area contributed by atoms with Crippen LogP contribution in [-0.2, 0) is 9.53 Å². The molecule has 140 valence electrons. The average Bonchev–Trinajstić information content (AvgIpc) is 3.12. The first-order valence-electron chi connectivity index (χ1n) is 10.9. The highest BCUT2D eigenvalue weighted by Gasteiger charge is 2.77. The molecule has 10 atom stereocenters. The zero-order valence-corrected chi connectivity index (χ0v) is 16.6. The van der Waals surface area contributed by atoms with Crippen molar-refractivity contribution in [1.29, 1.82) is 0 Å². The average molecular weight is 345 g/mol. The lowest BCUT2D eigenvalue weighted by Gasteiger charge is -2.61. The van der Waals surface area contributed by atoms with Gasteiger partial charge < -0.3 is 9.53 Å². The summed E-state index contributed by atoms with van der Waals surface area (Å²) in [5.41, 5.74) is 1.45. The van der Waals surface area contributed by atoms with Gasteiger partial charge in [-0.2, -0.15) is 0 Å². The molecule has 0 aromatic rings. The van der Waals surface area contributed by atoms with E-state index in [0.29, 0.717) is 28.3 Å². The minimum atomic E-state index is 0.231. The van der Waals surface area contributed by atoms with Crippen molar-refractivity contribution in [2.24, 2.45) is 51.8 Å². The van der Waals surface area contributed by atoms with E-state index in [1.54, 1.807) is 0 Å². The van der Waals surface area contributed by atoms with Gasteiger partial charge in [-0.25, -0.2) is 0 Å². The van der Waals surface area contributed by atoms with Crippen molar-refractivity contribution in [1.82, 2.24) is 0 Å². The Bertz CT molecular complexity index is 587. The highest BCUT2D eigenvalue weighted by Crippen LogP contribution is 2.82. The third-order valence-corrected chi connectivity index (χ3v) is 10.8. The molecule has 0 aromatic carbocycles. The fourth-order valence-corrected chi connectivity index (χ4v) is 9.58. The highest BCUT2D eigenvalue weighted by atomic mass is 16.5. The lowest BCUT2D eigenvalue weighted by molar-refractivity contribution is -0.161. The highest BCUT2D eigenvalue weighted by molar-refractivity contribution is 5.53. The molecule has 25 heavy (non-hydrogen) atoms. The predicted octanol–water partition coefficient (Wildman–Crippen LogP) is 5.11. The van der Waals surface area contributed by atoms with Crippen molar-refractivity contribution in [2.45, 2.75) is 78.2 Å². The van der Waals surface area contributed by atoms with Gasteiger partial charge in [0.05, 0.1) is 6.10 Å². The van der Waals surface area contributed by atoms with Crippen LogP contribution >= 0.6 is 0 Å². The summed E-state index contributed by atoms with van der Waals surface area (Å²) < 4.78 is 6.18. The maximum Gasteiger partial charge on any atom is 0.123 e. The SMILES string of the molecule is CO[C@@H]1C[C@H]2[C@@H]3CC[C@H](C(C)C=O)[C@@]3(C)CC[C@@H]2[C@@]2(C)CC[C@H]3CC312. The summed E-state index contributed by atoms with van der Waals surface area (Å²) >= 11 is 0. The topological polar surface area (TPSA) is 26.3 Å². The predicted molar refractivity (Wildman–Crippen MR) is 99.1 cm³/mol. The number of carbonyl (C=O) groups is 1. The monoisotopic (exact) mass is 344 g/mol. The largest absolute Gasteiger partial charge is 0.381 e. The fourth-order valence-electron chi connectivity index (χ4n) is 9.58. The van der Waals surface area contributed by atoms with Gasteiger partial charge in [0.2, 0.25) is 0 Å². The molecular formula is C23H36O2. The number of fused-ring (bicyclic) bond motifs is 4. The number of aldehydes is 1. The summed E-state index contributed by atoms with van der Waals surface area (Å²) in [7, 11) is 1.97. The molecule has 0 saturated heterocycles. The van der Waals surface area contributed by atoms with Crippen LogP contribution < -0.4 is 0 Å². The van der Waals surface area contributed by atoms with Crippen LogP contribution in [0.4, 0.5) is 0 Å². The molecule has 0 radical (unpaired) electrons. The van der Waals surface area contributed by atoms with Crippen molar-refractivity contribution in [3.05, 3.63) is 0 Å². The number of ether oxygens (including phenoxy) is 1. The third-order valence-electron chi connectivity index (χ3n) is 10.8. The molecule has 0 amide bonds. The van der Waals surface area contributed by atoms with Crippen LogP contribution in [0.15, 0.2) is 0 Å². The first-order chi connectivity index (χ1) is 11.9. The molecule has 5 aliphatic carbocycles. The van der Waals surface area contributed by atoms with Crippen molar-refractivity contribution in [2.75, 3.05) is 7.11 Å². The van der Waals surface area contributed by atoms with Crippen LogP contribution in [0, 0.1) is 51.8 Å². The van der Waals surface area contributed by atoms with Gasteiger partial charge in [0.1, 0.15) is 6.29 Å². The lowest BCUT2D eigenvalue weighted by Crippen LogP contribution is -2.57. The Morgan fingerprint density at radius 3 is 2.56 bits per heavy atom. The number of methoxy groups -OCH3 is 1. The number of rotatable bonds is 3. The quantitative estimate of drug-likeness (QED) is 0.665. The van der Waals surface area contributed by atoms with Gasteiger partial charge in [-0.1, -0.05) is 20.8 Å². The molecule has 5 rings (SSSR count). The first-order valence-corrected chi connectivity index (χ1v) is 10.9. The molecule has 2 unspecified atom stereocenters. The van der Waals surface area contributed by atoms with E-state index in [1.165, 1.54) is 57.7 Å². The van der Waals surface area contributed by atoms with Crippen molar-refractivity contribution in [3.8, 4) is 0 Å². The minimum Gasteiger partial charge on any atom is -0.381 e. The Kier molecular flexibility index (Phi) is 3.43. The van der Waals surface area contributed by atoms with Crippen LogP contribution in [0.5, 0.6) is 0 Å². The summed E-state index contributed by atoms with van der Waals surface area (Å²) in [6.07, 6.45) is 12.7. The zero-order valence-electron chi connectivity index (χ0n) is 16.6. The Hall–Kier alpha value is -0.370. The van der Waals surface area contributed by atoms with Crippen LogP contribution in [0.1, 0.15) is 72.1 Å². The fraction of sp³-hybridized carbons (Fsp3) is 0.957. The molecule has 0 bridgehead atoms. The van der Waals surface area contributed by atoms with E-state index in [0.717, 1.165) is 23.7 Å². The molecule has 5 aliphatic rings. The van der Waals surface area contributed by atoms with Crippen molar-refractivity contribution < 1.29 is 9.53 Å². The van der Waals surface area contributed by atoms with E-state index in [-0.39, 0.29) is 5.92 Å². The molecule has 5 fully saturated rings. The van der Waals surface area contributed by atoms with E-state index < -0.39 is 0 Å². The second-order valence-electron chi connectivity index (χ2n) is 11.0. The molecular weight excluding hydrogens is 308 g/mol. The molecule has 2 nitrogen and oxygen atoms in total. The van der Waals surface area contributed by atoms with Crippen LogP contribution in [0.25, 0.3) is 0 Å². The van der Waals surface area contributed by atoms with Crippen molar-refractivity contribution in [3.63, 3.8) is 0 Å². The number of hydrogen-bond donors (Lipinski definition) is 0. The zero-order chi connectivity index (χ0) is 17.6. The van der Waals surface area contributed by atoms with Gasteiger partial charge in [0.25, 0.3) is 0 Å². The molecule has 1 spiro atoms. The van der Waals surface area contributed by atoms with E-state index in [2.05, 4.69) is 20.8 Å². The summed E-state index contributed by atoms with van der Waals surface area (Å²) in [5.74, 6) is 4.37. The number of hydrogen-bond acceptors (Lipinski definition) is 2. The smallest absolute Gasteiger partial charge is 0.123 e. The molecule has 0 aliphatic heterocycles. The second kappa shape index (κ2) is 5.12. The minimum absolute atomic E-state index is 0.231. The first kappa shape index (κ1) is 16.8. The van der Waals surface area contributed by atoms with Crippen LogP contribution in [-0.4, -0.2) is 19.5 Å². The second-order valence-corrected chi connectivity index (χ2v) is 11.0. The van der Waals surface area contributed by atoms with Crippen LogP contribution in [0.2, 0.25) is 0 Å². The summed E-state index contributed by atoms with van der Waals surface area (Å²) in [4.78, 5) is 11.5. The Balaban J connectivity index is 1.50. The van der Waals surface area contributed by atoms with Gasteiger partial charge in [-0.15, -0.1) is 0 Å². The Morgan fingerprint density at radius 1 is 1.08 bits per heavy atom. The standard InChI is InChI=1S/C23H36O2/c1-14(13-24)17-5-6-18-16-11-20(25-4)23-12-15(23)7-10-22(23,3)19(16)8-9-21(17,18)2/h13-20H,5-12H2,1-4H3/t14?,15-,16-,17+,18-,19-,20+,21+,22+,23?/m0/s1. The maximum atomic E-state index is 11.5. The van der Waals surface area contributed by atoms with E-state index in [1.807, 2.05) is 7.11 Å². The van der Waals surface area contributed by atoms with E-state index >= 15 is 0 Å². The Labute approximate surface area is 153 Å². The molecule has 0 heterocycles. The van der Waals surface area contributed by atoms with Gasteiger partial charge in [-0.05, 0) is 91.8 Å². The van der Waals surface area contributed by atoms with E-state index in [4.69, 9.17) is 4.74 Å². The molecule has 0 aromatic heterocycles. The maximum absolute atomic E-state index is 11.5. The molecule has 5 saturated carbocycles. The summed E-state index contributed by atoms with van der Waals surface area (Å²) in [5, 5.41) is 0. The van der Waals surface area contributed by atoms with Gasteiger partial charge in [0.15, 0.2) is 0 Å². The van der Waals surface area contributed by atoms with Gasteiger partial charge >= 0.3 is 0 Å². The third kappa shape index (κ3) is 1.79. The molecule has 2 heteroatoms. The van der Waals surface area contributed by atoms with Gasteiger partial charge in [-0.3, -0.25) is 0 Å². The normalized spacial score (nSPS) is 60.2. The summed E-state index contributed by atoms with van der Waals surface area (Å²) in [6.45, 7) is 7.35. The number of carbonyl (C=O) groups excluding carboxylic acids is 1.